The normalized spacial score (nSPS) is 10.9. The van der Waals surface area contributed by atoms with Crippen molar-refractivity contribution in [3.8, 4) is 5.69 Å². The molecule has 0 radical (unpaired) electrons. The molecule has 150 valence electrons. The van der Waals surface area contributed by atoms with Gasteiger partial charge in [0.2, 0.25) is 5.91 Å². The van der Waals surface area contributed by atoms with Gasteiger partial charge in [0, 0.05) is 23.6 Å². The molecule has 4 rings (SSSR count). The van der Waals surface area contributed by atoms with Crippen LogP contribution in [0.2, 0.25) is 0 Å². The summed E-state index contributed by atoms with van der Waals surface area (Å²) in [4.78, 5) is 33.3. The Morgan fingerprint density at radius 3 is 2.50 bits per heavy atom. The van der Waals surface area contributed by atoms with Crippen molar-refractivity contribution >= 4 is 22.5 Å². The Bertz CT molecular complexity index is 1300. The van der Waals surface area contributed by atoms with Crippen LogP contribution in [-0.4, -0.2) is 20.4 Å². The van der Waals surface area contributed by atoms with Gasteiger partial charge in [0.15, 0.2) is 11.6 Å². The third kappa shape index (κ3) is 3.80. The highest BCUT2D eigenvalue weighted by molar-refractivity contribution is 5.92. The minimum Gasteiger partial charge on any atom is -0.326 e. The number of nitrogens with one attached hydrogen (secondary N) is 1. The van der Waals surface area contributed by atoms with E-state index < -0.39 is 17.2 Å². The van der Waals surface area contributed by atoms with Crippen LogP contribution in [0.5, 0.6) is 0 Å². The monoisotopic (exact) mass is 406 g/mol. The van der Waals surface area contributed by atoms with Gasteiger partial charge in [-0.15, -0.1) is 0 Å². The number of benzene rings is 2. The fourth-order valence-corrected chi connectivity index (χ4v) is 3.16. The number of carbonyl (C=O) groups excluding carboxylic acids is 1. The Morgan fingerprint density at radius 2 is 1.80 bits per heavy atom. The molecule has 2 heterocycles. The second-order valence-electron chi connectivity index (χ2n) is 6.68. The lowest BCUT2D eigenvalue weighted by Crippen LogP contribution is -2.22. The molecule has 1 amide bonds. The Hall–Kier alpha value is -3.94. The van der Waals surface area contributed by atoms with E-state index in [1.807, 2.05) is 6.07 Å². The van der Waals surface area contributed by atoms with Gasteiger partial charge in [0.05, 0.1) is 23.0 Å². The van der Waals surface area contributed by atoms with Gasteiger partial charge in [0.25, 0.3) is 5.56 Å². The van der Waals surface area contributed by atoms with Crippen molar-refractivity contribution in [2.24, 2.45) is 0 Å². The van der Waals surface area contributed by atoms with E-state index in [-0.39, 0.29) is 23.2 Å². The number of fused-ring (bicyclic) bond motifs is 1. The van der Waals surface area contributed by atoms with Crippen molar-refractivity contribution in [2.75, 3.05) is 5.32 Å². The fourth-order valence-electron chi connectivity index (χ4n) is 3.16. The number of amides is 1. The second-order valence-corrected chi connectivity index (χ2v) is 6.68. The first-order chi connectivity index (χ1) is 14.4. The van der Waals surface area contributed by atoms with Crippen LogP contribution in [0.1, 0.15) is 11.5 Å². The predicted molar refractivity (Wildman–Crippen MR) is 109 cm³/mol. The lowest BCUT2D eigenvalue weighted by Gasteiger charge is -2.12. The Balaban J connectivity index is 1.61. The zero-order valence-electron chi connectivity index (χ0n) is 15.9. The minimum atomic E-state index is -1.11. The lowest BCUT2D eigenvalue weighted by atomic mass is 10.2. The van der Waals surface area contributed by atoms with E-state index >= 15 is 0 Å². The molecule has 0 saturated carbocycles. The molecule has 0 unspecified atom stereocenters. The number of hydrogen-bond donors (Lipinski definition) is 1. The van der Waals surface area contributed by atoms with Crippen molar-refractivity contribution in [3.05, 3.63) is 94.3 Å². The predicted octanol–water partition coefficient (Wildman–Crippen LogP) is 3.55. The average Bonchev–Trinajstić information content (AvgIpc) is 2.72. The highest BCUT2D eigenvalue weighted by Gasteiger charge is 2.14. The van der Waals surface area contributed by atoms with E-state index in [0.717, 1.165) is 12.1 Å². The molecular formula is C22H16F2N4O2. The van der Waals surface area contributed by atoms with Crippen molar-refractivity contribution in [2.45, 2.75) is 13.3 Å². The number of halogens is 2. The molecule has 0 fully saturated rings. The SMILES string of the molecule is Cc1nc2cc(F)c(F)cc2c(=O)n1-c1ccc(NC(=O)Cc2ccccn2)cc1. The molecular weight excluding hydrogens is 390 g/mol. The van der Waals surface area contributed by atoms with E-state index in [0.29, 0.717) is 22.9 Å². The van der Waals surface area contributed by atoms with Crippen LogP contribution in [0.4, 0.5) is 14.5 Å². The number of pyridine rings is 1. The van der Waals surface area contributed by atoms with Gasteiger partial charge in [0.1, 0.15) is 5.82 Å². The molecule has 0 aliphatic rings. The Kier molecular flexibility index (Phi) is 5.05. The van der Waals surface area contributed by atoms with E-state index in [1.165, 1.54) is 4.57 Å². The van der Waals surface area contributed by atoms with Gasteiger partial charge >= 0.3 is 0 Å². The summed E-state index contributed by atoms with van der Waals surface area (Å²) in [6.07, 6.45) is 1.76. The van der Waals surface area contributed by atoms with E-state index in [1.54, 1.807) is 49.5 Å². The first-order valence-corrected chi connectivity index (χ1v) is 9.11. The topological polar surface area (TPSA) is 76.9 Å². The summed E-state index contributed by atoms with van der Waals surface area (Å²) in [6, 6.07) is 13.7. The zero-order valence-corrected chi connectivity index (χ0v) is 15.9. The summed E-state index contributed by atoms with van der Waals surface area (Å²) in [5.74, 6) is -2.06. The minimum absolute atomic E-state index is 0.0211. The molecule has 6 nitrogen and oxygen atoms in total. The second kappa shape index (κ2) is 7.82. The van der Waals surface area contributed by atoms with E-state index in [9.17, 15) is 18.4 Å². The number of carbonyl (C=O) groups is 1. The molecule has 0 aliphatic carbocycles. The van der Waals surface area contributed by atoms with Crippen LogP contribution in [0.15, 0.2) is 65.6 Å². The molecule has 1 N–H and O–H groups in total. The first-order valence-electron chi connectivity index (χ1n) is 9.11. The zero-order chi connectivity index (χ0) is 21.3. The summed E-state index contributed by atoms with van der Waals surface area (Å²) >= 11 is 0. The maximum absolute atomic E-state index is 13.6. The maximum Gasteiger partial charge on any atom is 0.266 e. The lowest BCUT2D eigenvalue weighted by molar-refractivity contribution is -0.115. The summed E-state index contributed by atoms with van der Waals surface area (Å²) < 4.78 is 28.4. The van der Waals surface area contributed by atoms with Gasteiger partial charge in [-0.25, -0.2) is 13.8 Å². The van der Waals surface area contributed by atoms with Gasteiger partial charge in [-0.05, 0) is 49.4 Å². The third-order valence-electron chi connectivity index (χ3n) is 4.56. The molecule has 0 atom stereocenters. The van der Waals surface area contributed by atoms with Crippen LogP contribution in [0, 0.1) is 18.6 Å². The smallest absolute Gasteiger partial charge is 0.266 e. The summed E-state index contributed by atoms with van der Waals surface area (Å²) in [5.41, 5.74) is 1.26. The van der Waals surface area contributed by atoms with Crippen LogP contribution in [0.3, 0.4) is 0 Å². The van der Waals surface area contributed by atoms with Crippen molar-refractivity contribution in [1.29, 1.82) is 0 Å². The number of aryl methyl sites for hydroxylation is 1. The van der Waals surface area contributed by atoms with E-state index in [4.69, 9.17) is 0 Å². The molecule has 30 heavy (non-hydrogen) atoms. The standard InChI is InChI=1S/C22H16F2N4O2/c1-13-26-20-12-19(24)18(23)11-17(20)22(30)28(13)16-7-5-14(6-8-16)27-21(29)10-15-4-2-3-9-25-15/h2-9,11-12H,10H2,1H3,(H,27,29). The van der Waals surface area contributed by atoms with E-state index in [2.05, 4.69) is 15.3 Å². The largest absolute Gasteiger partial charge is 0.326 e. The molecule has 0 saturated heterocycles. The summed E-state index contributed by atoms with van der Waals surface area (Å²) in [5, 5.41) is 2.75. The number of rotatable bonds is 4. The Morgan fingerprint density at radius 1 is 1.07 bits per heavy atom. The number of nitrogens with zero attached hydrogens (tertiary/aromatic N) is 3. The quantitative estimate of drug-likeness (QED) is 0.562. The highest BCUT2D eigenvalue weighted by atomic mass is 19.2. The number of hydrogen-bond acceptors (Lipinski definition) is 4. The molecule has 8 heteroatoms. The van der Waals surface area contributed by atoms with Crippen LogP contribution in [-0.2, 0) is 11.2 Å². The van der Waals surface area contributed by atoms with Gasteiger partial charge in [-0.3, -0.25) is 19.1 Å². The maximum atomic E-state index is 13.6. The first kappa shape index (κ1) is 19.4. The van der Waals surface area contributed by atoms with Crippen LogP contribution in [0.25, 0.3) is 16.6 Å². The molecule has 0 aliphatic heterocycles. The highest BCUT2D eigenvalue weighted by Crippen LogP contribution is 2.18. The Labute approximate surface area is 169 Å². The summed E-state index contributed by atoms with van der Waals surface area (Å²) in [7, 11) is 0. The van der Waals surface area contributed by atoms with Gasteiger partial charge in [-0.1, -0.05) is 6.07 Å². The molecule has 0 spiro atoms. The third-order valence-corrected chi connectivity index (χ3v) is 4.56. The fraction of sp³-hybridized carbons (Fsp3) is 0.0909. The van der Waals surface area contributed by atoms with Crippen LogP contribution >= 0.6 is 0 Å². The van der Waals surface area contributed by atoms with Gasteiger partial charge < -0.3 is 5.32 Å². The average molecular weight is 406 g/mol. The molecule has 4 aromatic rings. The van der Waals surface area contributed by atoms with Crippen molar-refractivity contribution in [3.63, 3.8) is 0 Å². The van der Waals surface area contributed by atoms with Crippen molar-refractivity contribution < 1.29 is 13.6 Å². The number of anilines is 1. The van der Waals surface area contributed by atoms with Crippen LogP contribution < -0.4 is 10.9 Å². The van der Waals surface area contributed by atoms with Crippen molar-refractivity contribution in [1.82, 2.24) is 14.5 Å². The van der Waals surface area contributed by atoms with Gasteiger partial charge in [-0.2, -0.15) is 0 Å². The molecule has 2 aromatic carbocycles. The summed E-state index contributed by atoms with van der Waals surface area (Å²) in [6.45, 7) is 1.60. The molecule has 0 bridgehead atoms. The molecule has 2 aromatic heterocycles. The number of aromatic nitrogens is 3.